The van der Waals surface area contributed by atoms with E-state index in [1.54, 1.807) is 6.20 Å². The third-order valence-corrected chi connectivity index (χ3v) is 4.67. The molecule has 2 amide bonds. The number of aromatic nitrogens is 2. The Hall–Kier alpha value is -3.32. The molecule has 0 saturated carbocycles. The van der Waals surface area contributed by atoms with E-state index in [0.717, 1.165) is 41.2 Å². The fraction of sp³-hybridized carbons (Fsp3) is 0.273. The van der Waals surface area contributed by atoms with Crippen LogP contribution < -0.4 is 15.5 Å². The van der Waals surface area contributed by atoms with Crippen molar-refractivity contribution in [3.63, 3.8) is 0 Å². The van der Waals surface area contributed by atoms with Gasteiger partial charge in [-0.05, 0) is 37.4 Å². The molecule has 1 aromatic heterocycles. The predicted octanol–water partition coefficient (Wildman–Crippen LogP) is 3.40. The standard InChI is InChI=1S/C22H28N6O/c1-27(2)11-12-28(3)21-13-18(19-15-24-25-16-19)9-10-20(21)26-22(29)23-14-17-7-5-4-6-8-17/h4-10,13,15-16H,11-12,14H2,1-3H3,(H,24,25)(H2,23,26,29). The normalized spacial score (nSPS) is 10.8. The number of hydrogen-bond donors (Lipinski definition) is 3. The van der Waals surface area contributed by atoms with Crippen LogP contribution in [-0.4, -0.2) is 55.4 Å². The summed E-state index contributed by atoms with van der Waals surface area (Å²) in [6.07, 6.45) is 3.65. The molecule has 7 nitrogen and oxygen atoms in total. The quantitative estimate of drug-likeness (QED) is 0.549. The minimum absolute atomic E-state index is 0.229. The molecule has 0 radical (unpaired) electrons. The molecular formula is C22H28N6O. The second-order valence-electron chi connectivity index (χ2n) is 7.24. The summed E-state index contributed by atoms with van der Waals surface area (Å²) in [4.78, 5) is 16.8. The van der Waals surface area contributed by atoms with Gasteiger partial charge in [0, 0.05) is 38.4 Å². The predicted molar refractivity (Wildman–Crippen MR) is 118 cm³/mol. The molecular weight excluding hydrogens is 364 g/mol. The fourth-order valence-corrected chi connectivity index (χ4v) is 2.96. The summed E-state index contributed by atoms with van der Waals surface area (Å²) in [7, 11) is 6.13. The monoisotopic (exact) mass is 392 g/mol. The molecule has 0 fully saturated rings. The van der Waals surface area contributed by atoms with Gasteiger partial charge >= 0.3 is 6.03 Å². The van der Waals surface area contributed by atoms with E-state index in [1.807, 2.05) is 69.8 Å². The van der Waals surface area contributed by atoms with Gasteiger partial charge in [-0.1, -0.05) is 36.4 Å². The lowest BCUT2D eigenvalue weighted by Gasteiger charge is -2.25. The van der Waals surface area contributed by atoms with Crippen molar-refractivity contribution < 1.29 is 4.79 Å². The SMILES string of the molecule is CN(C)CCN(C)c1cc(-c2cn[nH]c2)ccc1NC(=O)NCc1ccccc1. The van der Waals surface area contributed by atoms with Crippen molar-refractivity contribution in [2.24, 2.45) is 0 Å². The second kappa shape index (κ2) is 9.75. The first-order chi connectivity index (χ1) is 14.0. The maximum Gasteiger partial charge on any atom is 0.319 e. The Balaban J connectivity index is 1.75. The minimum atomic E-state index is -0.229. The molecule has 0 aliphatic heterocycles. The zero-order valence-electron chi connectivity index (χ0n) is 17.1. The van der Waals surface area contributed by atoms with Crippen LogP contribution in [0.4, 0.5) is 16.2 Å². The summed E-state index contributed by atoms with van der Waals surface area (Å²) in [6, 6.07) is 15.6. The van der Waals surface area contributed by atoms with Crippen molar-refractivity contribution in [2.75, 3.05) is 44.4 Å². The van der Waals surface area contributed by atoms with E-state index in [2.05, 4.69) is 36.7 Å². The van der Waals surface area contributed by atoms with E-state index < -0.39 is 0 Å². The summed E-state index contributed by atoms with van der Waals surface area (Å²) >= 11 is 0. The van der Waals surface area contributed by atoms with Gasteiger partial charge in [-0.15, -0.1) is 0 Å². The van der Waals surface area contributed by atoms with Crippen molar-refractivity contribution in [3.8, 4) is 11.1 Å². The number of anilines is 2. The number of urea groups is 1. The lowest BCUT2D eigenvalue weighted by Crippen LogP contribution is -2.31. The number of carbonyl (C=O) groups excluding carboxylic acids is 1. The van der Waals surface area contributed by atoms with E-state index in [4.69, 9.17) is 0 Å². The van der Waals surface area contributed by atoms with Gasteiger partial charge in [-0.2, -0.15) is 5.10 Å². The molecule has 152 valence electrons. The Bertz CT molecular complexity index is 908. The number of nitrogens with zero attached hydrogens (tertiary/aromatic N) is 3. The van der Waals surface area contributed by atoms with Crippen LogP contribution in [-0.2, 0) is 6.54 Å². The van der Waals surface area contributed by atoms with Crippen LogP contribution in [0.1, 0.15) is 5.56 Å². The van der Waals surface area contributed by atoms with Crippen molar-refractivity contribution in [1.29, 1.82) is 0 Å². The van der Waals surface area contributed by atoms with Gasteiger partial charge in [-0.3, -0.25) is 5.10 Å². The van der Waals surface area contributed by atoms with Gasteiger partial charge in [0.15, 0.2) is 0 Å². The highest BCUT2D eigenvalue weighted by Crippen LogP contribution is 2.31. The summed E-state index contributed by atoms with van der Waals surface area (Å²) in [5.41, 5.74) is 4.83. The average molecular weight is 393 g/mol. The first kappa shape index (κ1) is 20.4. The fourth-order valence-electron chi connectivity index (χ4n) is 2.96. The first-order valence-corrected chi connectivity index (χ1v) is 9.61. The molecule has 0 spiro atoms. The van der Waals surface area contributed by atoms with Gasteiger partial charge in [-0.25, -0.2) is 4.79 Å². The summed E-state index contributed by atoms with van der Waals surface area (Å²) in [5.74, 6) is 0. The molecule has 29 heavy (non-hydrogen) atoms. The van der Waals surface area contributed by atoms with Crippen LogP contribution in [0.15, 0.2) is 60.9 Å². The largest absolute Gasteiger partial charge is 0.372 e. The topological polar surface area (TPSA) is 76.3 Å². The lowest BCUT2D eigenvalue weighted by molar-refractivity contribution is 0.251. The van der Waals surface area contributed by atoms with Crippen molar-refractivity contribution in [1.82, 2.24) is 20.4 Å². The maximum atomic E-state index is 12.5. The third kappa shape index (κ3) is 5.83. The highest BCUT2D eigenvalue weighted by atomic mass is 16.2. The third-order valence-electron chi connectivity index (χ3n) is 4.67. The van der Waals surface area contributed by atoms with Crippen LogP contribution in [0.25, 0.3) is 11.1 Å². The van der Waals surface area contributed by atoms with Crippen LogP contribution in [0.5, 0.6) is 0 Å². The molecule has 0 saturated heterocycles. The van der Waals surface area contributed by atoms with E-state index in [1.165, 1.54) is 0 Å². The molecule has 3 rings (SSSR count). The van der Waals surface area contributed by atoms with Crippen LogP contribution in [0.3, 0.4) is 0 Å². The second-order valence-corrected chi connectivity index (χ2v) is 7.24. The Morgan fingerprint density at radius 2 is 1.83 bits per heavy atom. The molecule has 0 bridgehead atoms. The number of amides is 2. The van der Waals surface area contributed by atoms with E-state index in [-0.39, 0.29) is 6.03 Å². The van der Waals surface area contributed by atoms with Crippen LogP contribution in [0, 0.1) is 0 Å². The van der Waals surface area contributed by atoms with Crippen LogP contribution in [0.2, 0.25) is 0 Å². The molecule has 3 N–H and O–H groups in total. The number of H-pyrrole nitrogens is 1. The Morgan fingerprint density at radius 1 is 1.03 bits per heavy atom. The Kier molecular flexibility index (Phi) is 6.86. The summed E-state index contributed by atoms with van der Waals surface area (Å²) in [5, 5.41) is 12.8. The summed E-state index contributed by atoms with van der Waals surface area (Å²) < 4.78 is 0. The Morgan fingerprint density at radius 3 is 2.52 bits per heavy atom. The lowest BCUT2D eigenvalue weighted by atomic mass is 10.1. The highest BCUT2D eigenvalue weighted by molar-refractivity contribution is 5.94. The van der Waals surface area contributed by atoms with E-state index in [9.17, 15) is 4.79 Å². The number of carbonyl (C=O) groups is 1. The molecule has 7 heteroatoms. The zero-order chi connectivity index (χ0) is 20.6. The average Bonchev–Trinajstić information content (AvgIpc) is 3.26. The van der Waals surface area contributed by atoms with Crippen molar-refractivity contribution in [3.05, 3.63) is 66.5 Å². The molecule has 0 atom stereocenters. The first-order valence-electron chi connectivity index (χ1n) is 9.61. The number of likely N-dealkylation sites (N-methyl/N-ethyl adjacent to an activating group) is 2. The molecule has 0 aliphatic carbocycles. The van der Waals surface area contributed by atoms with Crippen molar-refractivity contribution >= 4 is 17.4 Å². The van der Waals surface area contributed by atoms with Gasteiger partial charge in [0.25, 0.3) is 0 Å². The highest BCUT2D eigenvalue weighted by Gasteiger charge is 2.13. The zero-order valence-corrected chi connectivity index (χ0v) is 17.1. The minimum Gasteiger partial charge on any atom is -0.372 e. The number of aromatic amines is 1. The molecule has 0 aliphatic rings. The van der Waals surface area contributed by atoms with Gasteiger partial charge in [0.1, 0.15) is 0 Å². The van der Waals surface area contributed by atoms with E-state index >= 15 is 0 Å². The number of nitrogens with one attached hydrogen (secondary N) is 3. The molecule has 1 heterocycles. The smallest absolute Gasteiger partial charge is 0.319 e. The number of rotatable bonds is 8. The van der Waals surface area contributed by atoms with Gasteiger partial charge in [0.05, 0.1) is 17.6 Å². The van der Waals surface area contributed by atoms with Crippen LogP contribution >= 0.6 is 0 Å². The number of hydrogen-bond acceptors (Lipinski definition) is 4. The van der Waals surface area contributed by atoms with Gasteiger partial charge in [0.2, 0.25) is 0 Å². The summed E-state index contributed by atoms with van der Waals surface area (Å²) in [6.45, 7) is 2.22. The maximum absolute atomic E-state index is 12.5. The van der Waals surface area contributed by atoms with Crippen molar-refractivity contribution in [2.45, 2.75) is 6.54 Å². The number of benzene rings is 2. The Labute approximate surface area is 171 Å². The van der Waals surface area contributed by atoms with E-state index in [0.29, 0.717) is 6.54 Å². The van der Waals surface area contributed by atoms with Gasteiger partial charge < -0.3 is 20.4 Å². The molecule has 0 unspecified atom stereocenters. The molecule has 3 aromatic rings. The molecule has 2 aromatic carbocycles.